The summed E-state index contributed by atoms with van der Waals surface area (Å²) in [7, 11) is 0. The van der Waals surface area contributed by atoms with Gasteiger partial charge in [0.25, 0.3) is 0 Å². The largest absolute Gasteiger partial charge is 0.480 e. The summed E-state index contributed by atoms with van der Waals surface area (Å²) < 4.78 is 0.986. The summed E-state index contributed by atoms with van der Waals surface area (Å²) in [5.74, 6) is 1.22. The maximum atomic E-state index is 11.7. The van der Waals surface area contributed by atoms with Crippen molar-refractivity contribution >= 4 is 44.6 Å². The molecular weight excluding hydrogens is 340 g/mol. The predicted octanol–water partition coefficient (Wildman–Crippen LogP) is 3.10. The summed E-state index contributed by atoms with van der Waals surface area (Å²) in [6, 6.07) is 5.33. The molecule has 1 aliphatic heterocycles. The molecule has 3 rings (SSSR count). The zero-order chi connectivity index (χ0) is 14.1. The van der Waals surface area contributed by atoms with Crippen LogP contribution < -0.4 is 0 Å². The van der Waals surface area contributed by atoms with Crippen LogP contribution in [0.2, 0.25) is 0 Å². The quantitative estimate of drug-likeness (QED) is 0.888. The zero-order valence-electron chi connectivity index (χ0n) is 10.8. The molecule has 0 radical (unpaired) electrons. The minimum atomic E-state index is -0.777. The lowest BCUT2D eigenvalue weighted by Crippen LogP contribution is -2.39. The zero-order valence-corrected chi connectivity index (χ0v) is 13.2. The van der Waals surface area contributed by atoms with E-state index in [0.717, 1.165) is 45.5 Å². The van der Waals surface area contributed by atoms with E-state index >= 15 is 0 Å². The number of H-pyrrole nitrogens is 1. The van der Waals surface area contributed by atoms with Gasteiger partial charge in [0.05, 0.1) is 0 Å². The number of hydrogen-bond acceptors (Lipinski definition) is 3. The lowest BCUT2D eigenvalue weighted by atomic mass is 10.0. The van der Waals surface area contributed by atoms with Gasteiger partial charge in [0, 0.05) is 51.7 Å². The van der Waals surface area contributed by atoms with Crippen molar-refractivity contribution in [2.75, 3.05) is 24.6 Å². The van der Waals surface area contributed by atoms with E-state index in [4.69, 9.17) is 0 Å². The molecule has 20 heavy (non-hydrogen) atoms. The number of aromatic nitrogens is 1. The van der Waals surface area contributed by atoms with Gasteiger partial charge >= 0.3 is 5.97 Å². The fraction of sp³-hybridized carbons (Fsp3) is 0.357. The molecule has 0 saturated carbocycles. The molecule has 0 bridgehead atoms. The summed E-state index contributed by atoms with van der Waals surface area (Å²) in [6.07, 6.45) is 1.83. The van der Waals surface area contributed by atoms with Gasteiger partial charge in [-0.05, 0) is 12.1 Å². The molecule has 2 N–H and O–H groups in total. The second kappa shape index (κ2) is 5.79. The lowest BCUT2D eigenvalue weighted by Gasteiger charge is -2.31. The Labute approximate surface area is 129 Å². The third-order valence-electron chi connectivity index (χ3n) is 3.62. The number of nitrogens with one attached hydrogen (secondary N) is 1. The average Bonchev–Trinajstić information content (AvgIpc) is 2.83. The number of benzene rings is 1. The summed E-state index contributed by atoms with van der Waals surface area (Å²) in [5, 5.41) is 10.6. The highest BCUT2D eigenvalue weighted by Gasteiger charge is 2.30. The number of thioether (sulfide) groups is 1. The van der Waals surface area contributed by atoms with Crippen LogP contribution in [0.3, 0.4) is 0 Å². The van der Waals surface area contributed by atoms with Crippen LogP contribution in [0.25, 0.3) is 10.9 Å². The van der Waals surface area contributed by atoms with Crippen LogP contribution in [0.15, 0.2) is 28.9 Å². The fourth-order valence-corrected chi connectivity index (χ4v) is 3.96. The number of fused-ring (bicyclic) bond motifs is 1. The van der Waals surface area contributed by atoms with E-state index in [9.17, 15) is 9.90 Å². The van der Waals surface area contributed by atoms with Crippen molar-refractivity contribution in [2.24, 2.45) is 0 Å². The number of carbonyl (C=O) groups is 1. The van der Waals surface area contributed by atoms with Crippen LogP contribution in [-0.4, -0.2) is 45.6 Å². The second-order valence-corrected chi connectivity index (χ2v) is 6.96. The molecule has 2 heterocycles. The molecule has 2 aromatic rings. The van der Waals surface area contributed by atoms with Gasteiger partial charge in [-0.25, -0.2) is 0 Å². The Morgan fingerprint density at radius 2 is 2.15 bits per heavy atom. The van der Waals surface area contributed by atoms with Crippen LogP contribution in [-0.2, 0) is 4.79 Å². The first-order valence-corrected chi connectivity index (χ1v) is 8.43. The second-order valence-electron chi connectivity index (χ2n) is 4.82. The van der Waals surface area contributed by atoms with Crippen molar-refractivity contribution in [1.82, 2.24) is 9.88 Å². The minimum absolute atomic E-state index is 0.564. The molecule has 1 atom stereocenters. The minimum Gasteiger partial charge on any atom is -0.480 e. The van der Waals surface area contributed by atoms with E-state index in [-0.39, 0.29) is 0 Å². The summed E-state index contributed by atoms with van der Waals surface area (Å²) in [4.78, 5) is 17.0. The number of carboxylic acids is 1. The van der Waals surface area contributed by atoms with Gasteiger partial charge in [0.15, 0.2) is 0 Å². The number of aromatic amines is 1. The van der Waals surface area contributed by atoms with Gasteiger partial charge in [-0.15, -0.1) is 0 Å². The predicted molar refractivity (Wildman–Crippen MR) is 85.3 cm³/mol. The lowest BCUT2D eigenvalue weighted by molar-refractivity contribution is -0.143. The van der Waals surface area contributed by atoms with Crippen LogP contribution in [0.4, 0.5) is 0 Å². The van der Waals surface area contributed by atoms with E-state index in [1.54, 1.807) is 0 Å². The SMILES string of the molecule is O=C(O)C(c1c[nH]c2cc(Br)ccc12)N1CCSCC1. The Kier molecular flexibility index (Phi) is 4.05. The van der Waals surface area contributed by atoms with E-state index in [0.29, 0.717) is 0 Å². The van der Waals surface area contributed by atoms with Crippen LogP contribution in [0, 0.1) is 0 Å². The van der Waals surface area contributed by atoms with E-state index < -0.39 is 12.0 Å². The topological polar surface area (TPSA) is 56.3 Å². The number of hydrogen-bond donors (Lipinski definition) is 2. The molecule has 1 saturated heterocycles. The molecule has 1 aromatic carbocycles. The molecule has 106 valence electrons. The first-order chi connectivity index (χ1) is 9.66. The van der Waals surface area contributed by atoms with Gasteiger partial charge in [0.1, 0.15) is 6.04 Å². The van der Waals surface area contributed by atoms with Crippen molar-refractivity contribution in [3.8, 4) is 0 Å². The molecule has 6 heteroatoms. The standard InChI is InChI=1S/C14H15BrN2O2S/c15-9-1-2-10-11(8-16-12(10)7-9)13(14(18)19)17-3-5-20-6-4-17/h1-2,7-8,13,16H,3-6H2,(H,18,19). The summed E-state index contributed by atoms with van der Waals surface area (Å²) >= 11 is 5.32. The maximum Gasteiger partial charge on any atom is 0.325 e. The monoisotopic (exact) mass is 354 g/mol. The molecule has 1 aromatic heterocycles. The van der Waals surface area contributed by atoms with Crippen LogP contribution >= 0.6 is 27.7 Å². The van der Waals surface area contributed by atoms with Gasteiger partial charge in [-0.3, -0.25) is 9.69 Å². The highest BCUT2D eigenvalue weighted by atomic mass is 79.9. The highest BCUT2D eigenvalue weighted by Crippen LogP contribution is 2.31. The number of nitrogens with zero attached hydrogens (tertiary/aromatic N) is 1. The highest BCUT2D eigenvalue weighted by molar-refractivity contribution is 9.10. The Hall–Kier alpha value is -0.980. The number of carboxylic acid groups (broad SMARTS) is 1. The molecule has 0 aliphatic carbocycles. The molecule has 4 nitrogen and oxygen atoms in total. The Bertz CT molecular complexity index is 637. The average molecular weight is 355 g/mol. The Morgan fingerprint density at radius 1 is 1.40 bits per heavy atom. The third kappa shape index (κ3) is 2.60. The molecule has 1 unspecified atom stereocenters. The van der Waals surface area contributed by atoms with Crippen LogP contribution in [0.5, 0.6) is 0 Å². The third-order valence-corrected chi connectivity index (χ3v) is 5.05. The Balaban J connectivity index is 2.02. The fourth-order valence-electron chi connectivity index (χ4n) is 2.67. The van der Waals surface area contributed by atoms with E-state index in [2.05, 4.69) is 25.8 Å². The van der Waals surface area contributed by atoms with Crippen molar-refractivity contribution in [1.29, 1.82) is 0 Å². The van der Waals surface area contributed by atoms with Gasteiger partial charge in [-0.2, -0.15) is 11.8 Å². The van der Waals surface area contributed by atoms with Gasteiger partial charge < -0.3 is 10.1 Å². The number of halogens is 1. The first kappa shape index (κ1) is 14.0. The molecule has 1 fully saturated rings. The van der Waals surface area contributed by atoms with Gasteiger partial charge in [-0.1, -0.05) is 22.0 Å². The van der Waals surface area contributed by atoms with Crippen molar-refractivity contribution in [3.63, 3.8) is 0 Å². The molecule has 0 amide bonds. The molecular formula is C14H15BrN2O2S. The maximum absolute atomic E-state index is 11.7. The van der Waals surface area contributed by atoms with Crippen molar-refractivity contribution in [2.45, 2.75) is 6.04 Å². The molecule has 1 aliphatic rings. The summed E-state index contributed by atoms with van der Waals surface area (Å²) in [5.41, 5.74) is 1.82. The van der Waals surface area contributed by atoms with Crippen LogP contribution in [0.1, 0.15) is 11.6 Å². The van der Waals surface area contributed by atoms with Crippen molar-refractivity contribution < 1.29 is 9.90 Å². The first-order valence-electron chi connectivity index (χ1n) is 6.48. The number of aliphatic carboxylic acids is 1. The smallest absolute Gasteiger partial charge is 0.325 e. The normalized spacial score (nSPS) is 18.2. The van der Waals surface area contributed by atoms with Gasteiger partial charge in [0.2, 0.25) is 0 Å². The molecule has 0 spiro atoms. The Morgan fingerprint density at radius 3 is 2.85 bits per heavy atom. The summed E-state index contributed by atoms with van der Waals surface area (Å²) in [6.45, 7) is 1.65. The van der Waals surface area contributed by atoms with Crippen molar-refractivity contribution in [3.05, 3.63) is 34.4 Å². The van der Waals surface area contributed by atoms with E-state index in [1.807, 2.05) is 36.2 Å². The van der Waals surface area contributed by atoms with E-state index in [1.165, 1.54) is 0 Å². The number of rotatable bonds is 3.